The van der Waals surface area contributed by atoms with E-state index < -0.39 is 0 Å². The van der Waals surface area contributed by atoms with E-state index in [0.717, 1.165) is 5.69 Å². The van der Waals surface area contributed by atoms with Crippen molar-refractivity contribution in [1.82, 2.24) is 20.3 Å². The average molecular weight is 228 g/mol. The molecule has 16 heavy (non-hydrogen) atoms. The average Bonchev–Trinajstić information content (AvgIpc) is 2.73. The second-order valence-corrected chi connectivity index (χ2v) is 4.03. The Balaban J connectivity index is 2.36. The van der Waals surface area contributed by atoms with Crippen LogP contribution in [0.15, 0.2) is 6.20 Å². The first kappa shape index (κ1) is 13.1. The van der Waals surface area contributed by atoms with Crippen molar-refractivity contribution in [3.63, 3.8) is 0 Å². The van der Waals surface area contributed by atoms with Crippen molar-refractivity contribution in [2.45, 2.75) is 33.0 Å². The number of nitrogens with one attached hydrogen (secondary N) is 1. The quantitative estimate of drug-likeness (QED) is 0.579. The molecule has 0 aliphatic carbocycles. The molecule has 1 aromatic heterocycles. The van der Waals surface area contributed by atoms with E-state index in [-0.39, 0.29) is 25.2 Å². The number of hydrogen-bond donors (Lipinski definition) is 3. The topological polar surface area (TPSA) is 83.2 Å². The third kappa shape index (κ3) is 3.88. The first-order valence-corrected chi connectivity index (χ1v) is 5.51. The number of hydrogen-bond acceptors (Lipinski definition) is 5. The van der Waals surface area contributed by atoms with Crippen molar-refractivity contribution in [3.8, 4) is 0 Å². The Labute approximate surface area is 95.3 Å². The van der Waals surface area contributed by atoms with Crippen molar-refractivity contribution >= 4 is 0 Å². The maximum atomic E-state index is 8.98. The molecule has 0 fully saturated rings. The van der Waals surface area contributed by atoms with Gasteiger partial charge in [0.05, 0.1) is 18.8 Å². The van der Waals surface area contributed by atoms with Gasteiger partial charge in [-0.2, -0.15) is 0 Å². The summed E-state index contributed by atoms with van der Waals surface area (Å²) in [5.74, 6) is 0.215. The van der Waals surface area contributed by atoms with Crippen molar-refractivity contribution in [3.05, 3.63) is 11.9 Å². The molecule has 6 nitrogen and oxygen atoms in total. The SMILES string of the molecule is CC(CO)C(C)NCc1cn(CCO)nn1. The fourth-order valence-electron chi connectivity index (χ4n) is 1.26. The van der Waals surface area contributed by atoms with Gasteiger partial charge in [-0.25, -0.2) is 4.68 Å². The molecule has 0 amide bonds. The fraction of sp³-hybridized carbons (Fsp3) is 0.800. The zero-order valence-electron chi connectivity index (χ0n) is 9.80. The van der Waals surface area contributed by atoms with E-state index in [1.54, 1.807) is 10.9 Å². The molecule has 0 saturated heterocycles. The van der Waals surface area contributed by atoms with Gasteiger partial charge in [0.25, 0.3) is 0 Å². The minimum atomic E-state index is 0.0637. The van der Waals surface area contributed by atoms with E-state index >= 15 is 0 Å². The van der Waals surface area contributed by atoms with Crippen LogP contribution in [0.1, 0.15) is 19.5 Å². The third-order valence-electron chi connectivity index (χ3n) is 2.66. The highest BCUT2D eigenvalue weighted by Crippen LogP contribution is 2.02. The molecular weight excluding hydrogens is 208 g/mol. The molecule has 0 spiro atoms. The summed E-state index contributed by atoms with van der Waals surface area (Å²) < 4.78 is 1.61. The van der Waals surface area contributed by atoms with Crippen LogP contribution in [0.25, 0.3) is 0 Å². The molecule has 1 rings (SSSR count). The van der Waals surface area contributed by atoms with Crippen molar-refractivity contribution in [2.75, 3.05) is 13.2 Å². The Bertz CT molecular complexity index is 303. The molecule has 2 unspecified atom stereocenters. The van der Waals surface area contributed by atoms with E-state index in [0.29, 0.717) is 13.1 Å². The number of nitrogens with zero attached hydrogens (tertiary/aromatic N) is 3. The van der Waals surface area contributed by atoms with Crippen molar-refractivity contribution in [1.29, 1.82) is 0 Å². The summed E-state index contributed by atoms with van der Waals surface area (Å²) in [4.78, 5) is 0. The lowest BCUT2D eigenvalue weighted by Crippen LogP contribution is -2.33. The van der Waals surface area contributed by atoms with Crippen LogP contribution in [0.4, 0.5) is 0 Å². The van der Waals surface area contributed by atoms with Crippen LogP contribution in [-0.2, 0) is 13.1 Å². The van der Waals surface area contributed by atoms with Gasteiger partial charge in [-0.15, -0.1) is 5.10 Å². The van der Waals surface area contributed by atoms with E-state index in [1.807, 2.05) is 13.8 Å². The van der Waals surface area contributed by atoms with Gasteiger partial charge < -0.3 is 15.5 Å². The highest BCUT2D eigenvalue weighted by Gasteiger charge is 2.10. The third-order valence-corrected chi connectivity index (χ3v) is 2.66. The van der Waals surface area contributed by atoms with Gasteiger partial charge in [-0.05, 0) is 12.8 Å². The Kier molecular flexibility index (Phi) is 5.37. The summed E-state index contributed by atoms with van der Waals surface area (Å²) in [5.41, 5.74) is 0.838. The minimum Gasteiger partial charge on any atom is -0.396 e. The summed E-state index contributed by atoms with van der Waals surface area (Å²) in [6.45, 7) is 5.34. The summed E-state index contributed by atoms with van der Waals surface area (Å²) in [6.07, 6.45) is 1.81. The summed E-state index contributed by atoms with van der Waals surface area (Å²) in [5, 5.41) is 28.8. The Morgan fingerprint density at radius 2 is 2.19 bits per heavy atom. The molecule has 0 saturated carbocycles. The van der Waals surface area contributed by atoms with Crippen LogP contribution < -0.4 is 5.32 Å². The summed E-state index contributed by atoms with van der Waals surface area (Å²) >= 11 is 0. The van der Waals surface area contributed by atoms with Crippen LogP contribution in [0.2, 0.25) is 0 Å². The molecule has 92 valence electrons. The molecule has 2 atom stereocenters. The molecule has 0 aliphatic rings. The van der Waals surface area contributed by atoms with E-state index in [9.17, 15) is 0 Å². The zero-order chi connectivity index (χ0) is 12.0. The van der Waals surface area contributed by atoms with E-state index in [1.165, 1.54) is 0 Å². The maximum absolute atomic E-state index is 8.98. The Morgan fingerprint density at radius 3 is 2.81 bits per heavy atom. The summed E-state index contributed by atoms with van der Waals surface area (Å²) in [7, 11) is 0. The largest absolute Gasteiger partial charge is 0.396 e. The molecule has 0 radical (unpaired) electrons. The molecule has 3 N–H and O–H groups in total. The van der Waals surface area contributed by atoms with Crippen molar-refractivity contribution in [2.24, 2.45) is 5.92 Å². The molecule has 1 heterocycles. The van der Waals surface area contributed by atoms with Gasteiger partial charge in [0, 0.05) is 25.4 Å². The molecule has 0 bridgehead atoms. The number of rotatable bonds is 7. The summed E-state index contributed by atoms with van der Waals surface area (Å²) in [6, 6.07) is 0.230. The minimum absolute atomic E-state index is 0.0637. The van der Waals surface area contributed by atoms with Gasteiger partial charge in [0.2, 0.25) is 0 Å². The molecular formula is C10H20N4O2. The first-order chi connectivity index (χ1) is 7.67. The highest BCUT2D eigenvalue weighted by atomic mass is 16.3. The van der Waals surface area contributed by atoms with Crippen molar-refractivity contribution < 1.29 is 10.2 Å². The van der Waals surface area contributed by atoms with Crippen LogP contribution >= 0.6 is 0 Å². The fourth-order valence-corrected chi connectivity index (χ4v) is 1.26. The predicted molar refractivity (Wildman–Crippen MR) is 59.7 cm³/mol. The standard InChI is InChI=1S/C10H20N4O2/c1-8(7-16)9(2)11-5-10-6-14(3-4-15)13-12-10/h6,8-9,11,15-16H,3-5,7H2,1-2H3. The lowest BCUT2D eigenvalue weighted by atomic mass is 10.1. The van der Waals surface area contributed by atoms with Crippen LogP contribution in [0.5, 0.6) is 0 Å². The molecule has 6 heteroatoms. The van der Waals surface area contributed by atoms with Gasteiger partial charge in [-0.3, -0.25) is 0 Å². The first-order valence-electron chi connectivity index (χ1n) is 5.51. The number of aliphatic hydroxyl groups excluding tert-OH is 2. The van der Waals surface area contributed by atoms with Crippen LogP contribution in [0, 0.1) is 5.92 Å². The Morgan fingerprint density at radius 1 is 1.44 bits per heavy atom. The van der Waals surface area contributed by atoms with E-state index in [2.05, 4.69) is 15.6 Å². The predicted octanol–water partition coefficient (Wildman–Crippen LogP) is -0.623. The van der Waals surface area contributed by atoms with Gasteiger partial charge in [0.1, 0.15) is 0 Å². The zero-order valence-corrected chi connectivity index (χ0v) is 9.80. The smallest absolute Gasteiger partial charge is 0.0964 e. The second kappa shape index (κ2) is 6.57. The normalized spacial score (nSPS) is 15.0. The number of aliphatic hydroxyl groups is 2. The molecule has 1 aromatic rings. The van der Waals surface area contributed by atoms with Crippen LogP contribution in [0.3, 0.4) is 0 Å². The number of aromatic nitrogens is 3. The van der Waals surface area contributed by atoms with Crippen LogP contribution in [-0.4, -0.2) is 44.5 Å². The second-order valence-electron chi connectivity index (χ2n) is 4.03. The highest BCUT2D eigenvalue weighted by molar-refractivity contribution is 4.92. The lowest BCUT2D eigenvalue weighted by molar-refractivity contribution is 0.206. The van der Waals surface area contributed by atoms with E-state index in [4.69, 9.17) is 10.2 Å². The van der Waals surface area contributed by atoms with Gasteiger partial charge >= 0.3 is 0 Å². The monoisotopic (exact) mass is 228 g/mol. The Hall–Kier alpha value is -0.980. The lowest BCUT2D eigenvalue weighted by Gasteiger charge is -2.18. The maximum Gasteiger partial charge on any atom is 0.0964 e. The molecule has 0 aromatic carbocycles. The van der Waals surface area contributed by atoms with Gasteiger partial charge in [-0.1, -0.05) is 12.1 Å². The van der Waals surface area contributed by atoms with Gasteiger partial charge in [0.15, 0.2) is 0 Å². The molecule has 0 aliphatic heterocycles.